The van der Waals surface area contributed by atoms with Crippen LogP contribution >= 0.6 is 0 Å². The number of fused-ring (bicyclic) bond motifs is 2. The smallest absolute Gasteiger partial charge is 0.306 e. The molecule has 178 valence electrons. The maximum atomic E-state index is 12.2. The molecule has 0 heterocycles. The third kappa shape index (κ3) is 7.48. The van der Waals surface area contributed by atoms with E-state index >= 15 is 0 Å². The first kappa shape index (κ1) is 27.4. The molecule has 2 aliphatic rings. The predicted octanol–water partition coefficient (Wildman–Crippen LogP) is 5.59. The fraction of sp³-hybridized carbons (Fsp3) is 0.560. The van der Waals surface area contributed by atoms with Crippen LogP contribution in [0.2, 0.25) is 0 Å². The Labute approximate surface area is 192 Å². The van der Waals surface area contributed by atoms with Gasteiger partial charge in [0.15, 0.2) is 0 Å². The van der Waals surface area contributed by atoms with Crippen molar-refractivity contribution in [2.75, 3.05) is 5.32 Å². The molecule has 0 radical (unpaired) electrons. The van der Waals surface area contributed by atoms with Gasteiger partial charge in [0.25, 0.3) is 0 Å². The van der Waals surface area contributed by atoms with Crippen LogP contribution in [0.1, 0.15) is 82.6 Å². The zero-order valence-corrected chi connectivity index (χ0v) is 20.3. The fourth-order valence-electron chi connectivity index (χ4n) is 3.87. The fourth-order valence-corrected chi connectivity index (χ4v) is 3.87. The largest absolute Gasteiger partial charge is 0.339 e. The molecule has 0 bridgehead atoms. The van der Waals surface area contributed by atoms with E-state index in [1.165, 1.54) is 28.3 Å². The average Bonchev–Trinajstić information content (AvgIpc) is 3.46. The number of hydrazine groups is 1. The first-order chi connectivity index (χ1) is 15.4. The van der Waals surface area contributed by atoms with Crippen LogP contribution in [0, 0.1) is 11.3 Å². The Bertz CT molecular complexity index is 773. The maximum absolute atomic E-state index is 12.2. The van der Waals surface area contributed by atoms with Crippen LogP contribution in [0.25, 0.3) is 0 Å². The van der Waals surface area contributed by atoms with Crippen molar-refractivity contribution in [3.63, 3.8) is 0 Å². The molecule has 0 unspecified atom stereocenters. The number of nitrogens with zero attached hydrogens (tertiary/aromatic N) is 1. The van der Waals surface area contributed by atoms with Gasteiger partial charge in [0.2, 0.25) is 0 Å². The molecule has 4 N–H and O–H groups in total. The van der Waals surface area contributed by atoms with Gasteiger partial charge in [0.1, 0.15) is 12.0 Å². The van der Waals surface area contributed by atoms with Crippen LogP contribution in [0.5, 0.6) is 0 Å². The van der Waals surface area contributed by atoms with Crippen molar-refractivity contribution >= 4 is 24.2 Å². The number of aldehydes is 1. The van der Waals surface area contributed by atoms with Crippen molar-refractivity contribution in [3.8, 4) is 0 Å². The van der Waals surface area contributed by atoms with Gasteiger partial charge in [-0.15, -0.1) is 0 Å². The minimum atomic E-state index is -0.497. The zero-order chi connectivity index (χ0) is 24.1. The molecule has 3 rings (SSSR count). The number of anilines is 1. The average molecular weight is 445 g/mol. The standard InChI is InChI=1S/C17H22N4O2.C6H12O.C2H6/c1-2-13(10-18)21(23)20-17(22)19-16-14-7-3-5-11(14)9-12-6-4-8-15(12)16;1-3-6(2)4-5-7;1-2/h2,9-10,18,23H,3-8H2,1H3,(H2,19,20,22);5-6H,3-4H2,1-2H3;1-2H3/b13-2+,18-10?;;/t;6-;/m.1./s1. The third-order valence-electron chi connectivity index (χ3n) is 5.80. The molecule has 32 heavy (non-hydrogen) atoms. The quantitative estimate of drug-likeness (QED) is 0.250. The number of benzene rings is 1. The Morgan fingerprint density at radius 3 is 2.16 bits per heavy atom. The summed E-state index contributed by atoms with van der Waals surface area (Å²) in [5, 5.41) is 20.5. The van der Waals surface area contributed by atoms with Crippen molar-refractivity contribution < 1.29 is 14.8 Å². The lowest BCUT2D eigenvalue weighted by atomic mass is 9.99. The lowest BCUT2D eigenvalue weighted by Crippen LogP contribution is -2.42. The van der Waals surface area contributed by atoms with Crippen molar-refractivity contribution in [1.29, 1.82) is 5.41 Å². The van der Waals surface area contributed by atoms with Crippen molar-refractivity contribution in [3.05, 3.63) is 40.1 Å². The van der Waals surface area contributed by atoms with E-state index in [2.05, 4.69) is 30.7 Å². The summed E-state index contributed by atoms with van der Waals surface area (Å²) in [5.74, 6) is 0.581. The van der Waals surface area contributed by atoms with E-state index in [4.69, 9.17) is 5.41 Å². The highest BCUT2D eigenvalue weighted by Gasteiger charge is 2.25. The van der Waals surface area contributed by atoms with Crippen LogP contribution in [0.3, 0.4) is 0 Å². The van der Waals surface area contributed by atoms with Gasteiger partial charge in [-0.3, -0.25) is 5.21 Å². The van der Waals surface area contributed by atoms with Gasteiger partial charge in [-0.25, -0.2) is 10.2 Å². The lowest BCUT2D eigenvalue weighted by Gasteiger charge is -2.20. The van der Waals surface area contributed by atoms with Crippen molar-refractivity contribution in [1.82, 2.24) is 10.6 Å². The molecule has 1 atom stereocenters. The molecule has 0 aromatic heterocycles. The Kier molecular flexibility index (Phi) is 12.3. The van der Waals surface area contributed by atoms with E-state index < -0.39 is 6.03 Å². The van der Waals surface area contributed by atoms with Crippen LogP contribution in [0.4, 0.5) is 10.5 Å². The molecule has 7 heteroatoms. The number of allylic oxidation sites excluding steroid dienone is 2. The Balaban J connectivity index is 0.000000488. The summed E-state index contributed by atoms with van der Waals surface area (Å²) in [6, 6.07) is 1.81. The van der Waals surface area contributed by atoms with Gasteiger partial charge in [0, 0.05) is 18.3 Å². The van der Waals surface area contributed by atoms with Gasteiger partial charge in [-0.2, -0.15) is 5.17 Å². The van der Waals surface area contributed by atoms with E-state index in [9.17, 15) is 14.8 Å². The van der Waals surface area contributed by atoms with E-state index in [0.29, 0.717) is 11.1 Å². The molecule has 0 saturated heterocycles. The van der Waals surface area contributed by atoms with Crippen molar-refractivity contribution in [2.24, 2.45) is 5.92 Å². The van der Waals surface area contributed by atoms with Crippen LogP contribution in [-0.4, -0.2) is 28.9 Å². The highest BCUT2D eigenvalue weighted by atomic mass is 16.5. The number of hydrogen-bond donors (Lipinski definition) is 4. The number of amides is 2. The summed E-state index contributed by atoms with van der Waals surface area (Å²) in [6.07, 6.45) is 11.7. The van der Waals surface area contributed by atoms with E-state index in [0.717, 1.165) is 69.6 Å². The van der Waals surface area contributed by atoms with Crippen molar-refractivity contribution in [2.45, 2.75) is 86.0 Å². The topological polar surface area (TPSA) is 106 Å². The van der Waals surface area contributed by atoms with Gasteiger partial charge < -0.3 is 15.5 Å². The molecule has 7 nitrogen and oxygen atoms in total. The molecule has 0 saturated carbocycles. The number of hydroxylamine groups is 1. The Morgan fingerprint density at radius 2 is 1.75 bits per heavy atom. The Hall–Kier alpha value is -2.67. The van der Waals surface area contributed by atoms with Crippen LogP contribution < -0.4 is 10.7 Å². The van der Waals surface area contributed by atoms with Gasteiger partial charge >= 0.3 is 6.03 Å². The Morgan fingerprint density at radius 1 is 1.19 bits per heavy atom. The van der Waals surface area contributed by atoms with Crippen LogP contribution in [-0.2, 0) is 30.5 Å². The van der Waals surface area contributed by atoms with Gasteiger partial charge in [-0.05, 0) is 73.6 Å². The zero-order valence-electron chi connectivity index (χ0n) is 20.3. The minimum Gasteiger partial charge on any atom is -0.306 e. The summed E-state index contributed by atoms with van der Waals surface area (Å²) in [6.45, 7) is 9.85. The van der Waals surface area contributed by atoms with Crippen LogP contribution in [0.15, 0.2) is 17.8 Å². The monoisotopic (exact) mass is 444 g/mol. The highest BCUT2D eigenvalue weighted by molar-refractivity contribution is 5.92. The molecule has 1 aromatic carbocycles. The SMILES string of the molecule is C/C=C(\C=N)N(O)NC(=O)Nc1c2c(cc3c1CCC3)CCC2.CC.CC[C@@H](C)CC=O. The first-order valence-corrected chi connectivity index (χ1v) is 11.8. The molecular weight excluding hydrogens is 404 g/mol. The second-order valence-corrected chi connectivity index (χ2v) is 7.89. The molecular formula is C25H40N4O3. The number of carbonyl (C=O) groups is 2. The number of urea groups is 1. The second kappa shape index (κ2) is 14.4. The summed E-state index contributed by atoms with van der Waals surface area (Å²) in [5.41, 5.74) is 8.62. The predicted molar refractivity (Wildman–Crippen MR) is 130 cm³/mol. The normalized spacial score (nSPS) is 14.5. The number of rotatable bonds is 7. The molecule has 0 spiro atoms. The highest BCUT2D eigenvalue weighted by Crippen LogP contribution is 2.38. The first-order valence-electron chi connectivity index (χ1n) is 11.8. The number of carbonyl (C=O) groups excluding carboxylic acids is 2. The lowest BCUT2D eigenvalue weighted by molar-refractivity contribution is -0.108. The number of aryl methyl sites for hydroxylation is 2. The van der Waals surface area contributed by atoms with Gasteiger partial charge in [-0.1, -0.05) is 46.3 Å². The van der Waals surface area contributed by atoms with E-state index in [1.807, 2.05) is 13.8 Å². The van der Waals surface area contributed by atoms with E-state index in [-0.39, 0.29) is 5.70 Å². The molecule has 0 aliphatic heterocycles. The molecule has 1 aromatic rings. The number of hydrogen-bond acceptors (Lipinski definition) is 5. The third-order valence-corrected chi connectivity index (χ3v) is 5.80. The van der Waals surface area contributed by atoms with Gasteiger partial charge in [0.05, 0.1) is 0 Å². The molecule has 0 fully saturated rings. The summed E-state index contributed by atoms with van der Waals surface area (Å²) in [7, 11) is 0. The minimum absolute atomic E-state index is 0.198. The number of nitrogens with one attached hydrogen (secondary N) is 3. The summed E-state index contributed by atoms with van der Waals surface area (Å²) < 4.78 is 0. The molecule has 2 aliphatic carbocycles. The second-order valence-electron chi connectivity index (χ2n) is 7.89. The summed E-state index contributed by atoms with van der Waals surface area (Å²) >= 11 is 0. The molecule has 2 amide bonds. The van der Waals surface area contributed by atoms with E-state index in [1.54, 1.807) is 6.92 Å². The maximum Gasteiger partial charge on any atom is 0.339 e. The summed E-state index contributed by atoms with van der Waals surface area (Å²) in [4.78, 5) is 22.0.